The highest BCUT2D eigenvalue weighted by molar-refractivity contribution is 5.43. The van der Waals surface area contributed by atoms with Gasteiger partial charge in [0.15, 0.2) is 0 Å². The van der Waals surface area contributed by atoms with E-state index >= 15 is 0 Å². The molecule has 1 atom stereocenters. The van der Waals surface area contributed by atoms with Crippen molar-refractivity contribution in [3.63, 3.8) is 0 Å². The lowest BCUT2D eigenvalue weighted by molar-refractivity contribution is 0.463. The normalized spacial score (nSPS) is 12.6. The predicted molar refractivity (Wildman–Crippen MR) is 58.3 cm³/mol. The zero-order valence-electron chi connectivity index (χ0n) is 8.47. The number of furan rings is 1. The van der Waals surface area contributed by atoms with Crippen molar-refractivity contribution < 1.29 is 4.42 Å². The number of hydrogen-bond donors (Lipinski definition) is 2. The van der Waals surface area contributed by atoms with E-state index in [9.17, 15) is 0 Å². The quantitative estimate of drug-likeness (QED) is 0.794. The molecule has 0 aliphatic rings. The van der Waals surface area contributed by atoms with Gasteiger partial charge in [0.2, 0.25) is 0 Å². The molecule has 0 bridgehead atoms. The van der Waals surface area contributed by atoms with Gasteiger partial charge >= 0.3 is 0 Å². The highest BCUT2D eigenvalue weighted by Crippen LogP contribution is 2.24. The Bertz CT molecular complexity index is 425. The molecule has 0 spiro atoms. The van der Waals surface area contributed by atoms with Crippen molar-refractivity contribution in [2.75, 3.05) is 12.8 Å². The maximum absolute atomic E-state index is 5.81. The second-order valence-electron chi connectivity index (χ2n) is 3.21. The Balaban J connectivity index is 2.40. The minimum Gasteiger partial charge on any atom is -0.467 e. The summed E-state index contributed by atoms with van der Waals surface area (Å²) in [7, 11) is 1.86. The van der Waals surface area contributed by atoms with E-state index in [4.69, 9.17) is 10.2 Å². The summed E-state index contributed by atoms with van der Waals surface area (Å²) in [6, 6.07) is 7.51. The van der Waals surface area contributed by atoms with Crippen molar-refractivity contribution in [2.45, 2.75) is 6.04 Å². The number of rotatable bonds is 3. The number of pyridine rings is 1. The fraction of sp³-hybridized carbons (Fsp3) is 0.182. The van der Waals surface area contributed by atoms with Crippen LogP contribution in [0.25, 0.3) is 0 Å². The third-order valence-corrected chi connectivity index (χ3v) is 2.30. The number of hydrogen-bond acceptors (Lipinski definition) is 4. The third-order valence-electron chi connectivity index (χ3n) is 2.30. The molecule has 0 fully saturated rings. The second-order valence-corrected chi connectivity index (χ2v) is 3.21. The molecule has 2 aromatic heterocycles. The topological polar surface area (TPSA) is 64.1 Å². The fourth-order valence-electron chi connectivity index (χ4n) is 1.58. The van der Waals surface area contributed by atoms with Crippen molar-refractivity contribution in [3.8, 4) is 0 Å². The Kier molecular flexibility index (Phi) is 2.69. The Morgan fingerprint density at radius 1 is 1.40 bits per heavy atom. The first kappa shape index (κ1) is 9.73. The first-order valence-corrected chi connectivity index (χ1v) is 4.74. The molecule has 78 valence electrons. The van der Waals surface area contributed by atoms with Crippen molar-refractivity contribution in [1.82, 2.24) is 10.3 Å². The fourth-order valence-corrected chi connectivity index (χ4v) is 1.58. The first-order valence-electron chi connectivity index (χ1n) is 4.74. The number of nitrogens with zero attached hydrogens (tertiary/aromatic N) is 1. The smallest absolute Gasteiger partial charge is 0.128 e. The lowest BCUT2D eigenvalue weighted by Gasteiger charge is -2.15. The van der Waals surface area contributed by atoms with Crippen LogP contribution in [0.2, 0.25) is 0 Å². The maximum atomic E-state index is 5.81. The van der Waals surface area contributed by atoms with Crippen LogP contribution in [-0.2, 0) is 0 Å². The van der Waals surface area contributed by atoms with Crippen LogP contribution >= 0.6 is 0 Å². The van der Waals surface area contributed by atoms with Crippen LogP contribution in [0.4, 0.5) is 5.82 Å². The van der Waals surface area contributed by atoms with Crippen molar-refractivity contribution in [2.24, 2.45) is 0 Å². The zero-order chi connectivity index (χ0) is 10.7. The van der Waals surface area contributed by atoms with Crippen molar-refractivity contribution >= 4 is 5.82 Å². The Hall–Kier alpha value is -1.81. The molecule has 0 saturated heterocycles. The molecular weight excluding hydrogens is 190 g/mol. The van der Waals surface area contributed by atoms with Crippen LogP contribution in [0.5, 0.6) is 0 Å². The van der Waals surface area contributed by atoms with Gasteiger partial charge < -0.3 is 15.5 Å². The zero-order valence-corrected chi connectivity index (χ0v) is 8.47. The van der Waals surface area contributed by atoms with E-state index in [1.807, 2.05) is 31.3 Å². The van der Waals surface area contributed by atoms with Gasteiger partial charge in [0, 0.05) is 11.8 Å². The molecule has 2 heterocycles. The largest absolute Gasteiger partial charge is 0.467 e. The summed E-state index contributed by atoms with van der Waals surface area (Å²) in [5, 5.41) is 3.15. The minimum absolute atomic E-state index is 0.0475. The lowest BCUT2D eigenvalue weighted by atomic mass is 10.1. The first-order chi connectivity index (χ1) is 7.33. The number of aromatic nitrogens is 1. The van der Waals surface area contributed by atoms with Gasteiger partial charge in [-0.3, -0.25) is 0 Å². The molecule has 3 N–H and O–H groups in total. The average molecular weight is 203 g/mol. The van der Waals surface area contributed by atoms with Crippen molar-refractivity contribution in [1.29, 1.82) is 0 Å². The highest BCUT2D eigenvalue weighted by atomic mass is 16.3. The summed E-state index contributed by atoms with van der Waals surface area (Å²) in [5.41, 5.74) is 6.74. The molecule has 0 aromatic carbocycles. The molecule has 0 saturated carbocycles. The second kappa shape index (κ2) is 4.14. The number of nitrogens with one attached hydrogen (secondary N) is 1. The van der Waals surface area contributed by atoms with E-state index < -0.39 is 0 Å². The molecule has 0 amide bonds. The number of anilines is 1. The van der Waals surface area contributed by atoms with Crippen LogP contribution in [0, 0.1) is 0 Å². The SMILES string of the molecule is CNC(c1ccco1)c1cccnc1N. The molecule has 4 heteroatoms. The summed E-state index contributed by atoms with van der Waals surface area (Å²) in [4.78, 5) is 4.05. The van der Waals surface area contributed by atoms with Gasteiger partial charge in [-0.05, 0) is 25.2 Å². The Labute approximate surface area is 88.1 Å². The molecule has 2 aromatic rings. The molecule has 0 aliphatic heterocycles. The van der Waals surface area contributed by atoms with E-state index in [2.05, 4.69) is 10.3 Å². The molecule has 15 heavy (non-hydrogen) atoms. The molecule has 0 aliphatic carbocycles. The average Bonchev–Trinajstić information content (AvgIpc) is 2.75. The number of nitrogen functional groups attached to an aromatic ring is 1. The summed E-state index contributed by atoms with van der Waals surface area (Å²) >= 11 is 0. The van der Waals surface area contributed by atoms with E-state index in [0.717, 1.165) is 11.3 Å². The molecule has 1 unspecified atom stereocenters. The summed E-state index contributed by atoms with van der Waals surface area (Å²) in [6.45, 7) is 0. The third kappa shape index (κ3) is 1.85. The van der Waals surface area contributed by atoms with Crippen LogP contribution in [0.3, 0.4) is 0 Å². The van der Waals surface area contributed by atoms with E-state index in [1.54, 1.807) is 12.5 Å². The van der Waals surface area contributed by atoms with Crippen LogP contribution in [-0.4, -0.2) is 12.0 Å². The summed E-state index contributed by atoms with van der Waals surface area (Å²) < 4.78 is 5.35. The Morgan fingerprint density at radius 2 is 2.27 bits per heavy atom. The number of nitrogens with two attached hydrogens (primary N) is 1. The summed E-state index contributed by atoms with van der Waals surface area (Å²) in [6.07, 6.45) is 3.32. The van der Waals surface area contributed by atoms with Gasteiger partial charge in [-0.2, -0.15) is 0 Å². The van der Waals surface area contributed by atoms with Crippen LogP contribution in [0.15, 0.2) is 41.1 Å². The molecular formula is C11H13N3O. The minimum atomic E-state index is -0.0475. The maximum Gasteiger partial charge on any atom is 0.128 e. The van der Waals surface area contributed by atoms with Gasteiger partial charge in [0.25, 0.3) is 0 Å². The van der Waals surface area contributed by atoms with Gasteiger partial charge in [0.1, 0.15) is 11.6 Å². The lowest BCUT2D eigenvalue weighted by Crippen LogP contribution is -2.18. The van der Waals surface area contributed by atoms with Crippen molar-refractivity contribution in [3.05, 3.63) is 48.0 Å². The molecule has 4 nitrogen and oxygen atoms in total. The van der Waals surface area contributed by atoms with Crippen LogP contribution < -0.4 is 11.1 Å². The standard InChI is InChI=1S/C11H13N3O/c1-13-10(9-5-3-7-15-9)8-4-2-6-14-11(8)12/h2-7,10,13H,1H3,(H2,12,14). The molecule has 2 rings (SSSR count). The van der Waals surface area contributed by atoms with E-state index in [1.165, 1.54) is 0 Å². The van der Waals surface area contributed by atoms with Gasteiger partial charge in [0.05, 0.1) is 12.3 Å². The molecule has 0 radical (unpaired) electrons. The van der Waals surface area contributed by atoms with Gasteiger partial charge in [-0.25, -0.2) is 4.98 Å². The van der Waals surface area contributed by atoms with Gasteiger partial charge in [-0.1, -0.05) is 6.07 Å². The predicted octanol–water partition coefficient (Wildman–Crippen LogP) is 1.57. The monoisotopic (exact) mass is 203 g/mol. The Morgan fingerprint density at radius 3 is 2.87 bits per heavy atom. The van der Waals surface area contributed by atoms with Gasteiger partial charge in [-0.15, -0.1) is 0 Å². The highest BCUT2D eigenvalue weighted by Gasteiger charge is 2.17. The van der Waals surface area contributed by atoms with E-state index in [0.29, 0.717) is 5.82 Å². The summed E-state index contributed by atoms with van der Waals surface area (Å²) in [5.74, 6) is 1.35. The van der Waals surface area contributed by atoms with Crippen LogP contribution in [0.1, 0.15) is 17.4 Å². The van der Waals surface area contributed by atoms with E-state index in [-0.39, 0.29) is 6.04 Å².